The third-order valence-corrected chi connectivity index (χ3v) is 2.49. The van der Waals surface area contributed by atoms with Crippen molar-refractivity contribution in [2.24, 2.45) is 0 Å². The molecule has 1 atom stereocenters. The Morgan fingerprint density at radius 2 is 2.14 bits per heavy atom. The standard InChI is InChI=1S/C5H12IN/c1-4-5(2,6)7-3/h7H,4H2,1-3H3/t5-/m1/s1. The van der Waals surface area contributed by atoms with E-state index in [1.54, 1.807) is 0 Å². The van der Waals surface area contributed by atoms with Crippen molar-refractivity contribution in [2.75, 3.05) is 7.05 Å². The predicted octanol–water partition coefficient (Wildman–Crippen LogP) is 1.77. The average molecular weight is 213 g/mol. The van der Waals surface area contributed by atoms with Crippen molar-refractivity contribution in [2.45, 2.75) is 23.8 Å². The summed E-state index contributed by atoms with van der Waals surface area (Å²) in [5.74, 6) is 0. The number of rotatable bonds is 2. The first-order valence-corrected chi connectivity index (χ1v) is 3.58. The van der Waals surface area contributed by atoms with Crippen LogP contribution in [-0.4, -0.2) is 10.6 Å². The molecule has 1 N–H and O–H groups in total. The van der Waals surface area contributed by atoms with Gasteiger partial charge in [-0.05, 0) is 20.4 Å². The van der Waals surface area contributed by atoms with Crippen LogP contribution in [0.3, 0.4) is 0 Å². The second kappa shape index (κ2) is 2.87. The zero-order valence-electron chi connectivity index (χ0n) is 5.09. The fourth-order valence-corrected chi connectivity index (χ4v) is 0.177. The third kappa shape index (κ3) is 3.29. The van der Waals surface area contributed by atoms with E-state index in [2.05, 4.69) is 41.8 Å². The van der Waals surface area contributed by atoms with Crippen molar-refractivity contribution < 1.29 is 0 Å². The van der Waals surface area contributed by atoms with Crippen LogP contribution < -0.4 is 5.32 Å². The van der Waals surface area contributed by atoms with Crippen LogP contribution in [0.2, 0.25) is 0 Å². The lowest BCUT2D eigenvalue weighted by atomic mass is 10.3. The molecule has 0 aromatic carbocycles. The molecule has 2 heteroatoms. The molecule has 0 aliphatic carbocycles. The normalized spacial score (nSPS) is 18.9. The first kappa shape index (κ1) is 7.69. The third-order valence-electron chi connectivity index (χ3n) is 1.19. The van der Waals surface area contributed by atoms with E-state index < -0.39 is 0 Å². The van der Waals surface area contributed by atoms with Crippen molar-refractivity contribution in [3.05, 3.63) is 0 Å². The first-order chi connectivity index (χ1) is 3.12. The quantitative estimate of drug-likeness (QED) is 0.418. The Balaban J connectivity index is 3.36. The zero-order valence-corrected chi connectivity index (χ0v) is 7.24. The predicted molar refractivity (Wildman–Crippen MR) is 41.8 cm³/mol. The van der Waals surface area contributed by atoms with Crippen LogP contribution in [0.15, 0.2) is 0 Å². The van der Waals surface area contributed by atoms with Crippen molar-refractivity contribution >= 4 is 22.6 Å². The van der Waals surface area contributed by atoms with Gasteiger partial charge in [0.1, 0.15) is 0 Å². The van der Waals surface area contributed by atoms with Crippen molar-refractivity contribution in [1.29, 1.82) is 0 Å². The number of hydrogen-bond donors (Lipinski definition) is 1. The van der Waals surface area contributed by atoms with Gasteiger partial charge < -0.3 is 5.32 Å². The van der Waals surface area contributed by atoms with Gasteiger partial charge in [0.15, 0.2) is 0 Å². The highest BCUT2D eigenvalue weighted by Gasteiger charge is 2.11. The lowest BCUT2D eigenvalue weighted by molar-refractivity contribution is 0.567. The van der Waals surface area contributed by atoms with E-state index in [9.17, 15) is 0 Å². The molecule has 0 saturated heterocycles. The molecule has 0 heterocycles. The molecule has 0 amide bonds. The van der Waals surface area contributed by atoms with E-state index in [0.29, 0.717) is 3.55 Å². The van der Waals surface area contributed by atoms with Gasteiger partial charge in [-0.3, -0.25) is 0 Å². The molecular formula is C5H12IN. The summed E-state index contributed by atoms with van der Waals surface area (Å²) in [4.78, 5) is 0. The van der Waals surface area contributed by atoms with Crippen molar-refractivity contribution in [3.8, 4) is 0 Å². The van der Waals surface area contributed by atoms with Crippen molar-refractivity contribution in [3.63, 3.8) is 0 Å². The van der Waals surface area contributed by atoms with E-state index in [-0.39, 0.29) is 0 Å². The van der Waals surface area contributed by atoms with Crippen LogP contribution in [-0.2, 0) is 0 Å². The van der Waals surface area contributed by atoms with Crippen LogP contribution >= 0.6 is 22.6 Å². The summed E-state index contributed by atoms with van der Waals surface area (Å²) in [6.07, 6.45) is 1.17. The Kier molecular flexibility index (Phi) is 3.15. The minimum Gasteiger partial charge on any atom is -0.306 e. The van der Waals surface area contributed by atoms with Gasteiger partial charge in [-0.25, -0.2) is 0 Å². The van der Waals surface area contributed by atoms with Gasteiger partial charge in [0.2, 0.25) is 0 Å². The van der Waals surface area contributed by atoms with Gasteiger partial charge in [0.05, 0.1) is 3.55 Å². The molecule has 0 bridgehead atoms. The Bertz CT molecular complexity index is 46.0. The molecule has 0 saturated carbocycles. The number of hydrogen-bond acceptors (Lipinski definition) is 1. The molecule has 0 aromatic rings. The van der Waals surface area contributed by atoms with E-state index in [1.807, 2.05) is 7.05 Å². The van der Waals surface area contributed by atoms with Gasteiger partial charge in [0.25, 0.3) is 0 Å². The Morgan fingerprint density at radius 3 is 2.14 bits per heavy atom. The summed E-state index contributed by atoms with van der Waals surface area (Å²) in [6, 6.07) is 0. The minimum absolute atomic E-state index is 0.303. The van der Waals surface area contributed by atoms with Crippen LogP contribution in [0, 0.1) is 0 Å². The average Bonchev–Trinajstić information content (AvgIpc) is 1.68. The molecule has 7 heavy (non-hydrogen) atoms. The Labute approximate surface area is 59.0 Å². The monoisotopic (exact) mass is 213 g/mol. The van der Waals surface area contributed by atoms with Crippen LogP contribution in [0.1, 0.15) is 20.3 Å². The summed E-state index contributed by atoms with van der Waals surface area (Å²) >= 11 is 2.39. The fourth-order valence-electron chi connectivity index (χ4n) is 0.177. The second-order valence-electron chi connectivity index (χ2n) is 1.80. The summed E-state index contributed by atoms with van der Waals surface area (Å²) in [6.45, 7) is 4.34. The molecule has 44 valence electrons. The van der Waals surface area contributed by atoms with Gasteiger partial charge in [-0.1, -0.05) is 29.5 Å². The maximum absolute atomic E-state index is 3.18. The van der Waals surface area contributed by atoms with Crippen LogP contribution in [0.5, 0.6) is 0 Å². The molecule has 0 fully saturated rings. The highest BCUT2D eigenvalue weighted by Crippen LogP contribution is 2.16. The molecule has 0 radical (unpaired) electrons. The molecule has 1 nitrogen and oxygen atoms in total. The Hall–Kier alpha value is 0.690. The molecule has 0 aliphatic heterocycles. The molecule has 0 aromatic heterocycles. The second-order valence-corrected chi connectivity index (χ2v) is 4.18. The molecule has 0 spiro atoms. The largest absolute Gasteiger partial charge is 0.306 e. The van der Waals surface area contributed by atoms with E-state index >= 15 is 0 Å². The summed E-state index contributed by atoms with van der Waals surface area (Å²) in [7, 11) is 1.98. The SMILES string of the molecule is CC[C@](C)(I)NC. The van der Waals surface area contributed by atoms with Crippen molar-refractivity contribution in [1.82, 2.24) is 5.32 Å². The highest BCUT2D eigenvalue weighted by atomic mass is 127. The van der Waals surface area contributed by atoms with E-state index in [1.165, 1.54) is 6.42 Å². The summed E-state index contributed by atoms with van der Waals surface area (Å²) < 4.78 is 0.303. The maximum Gasteiger partial charge on any atom is 0.0671 e. The van der Waals surface area contributed by atoms with Gasteiger partial charge in [-0.2, -0.15) is 0 Å². The van der Waals surface area contributed by atoms with Crippen LogP contribution in [0.4, 0.5) is 0 Å². The minimum atomic E-state index is 0.303. The maximum atomic E-state index is 3.18. The van der Waals surface area contributed by atoms with E-state index in [4.69, 9.17) is 0 Å². The van der Waals surface area contributed by atoms with Crippen LogP contribution in [0.25, 0.3) is 0 Å². The highest BCUT2D eigenvalue weighted by molar-refractivity contribution is 14.1. The summed E-state index contributed by atoms with van der Waals surface area (Å²) in [5, 5.41) is 3.18. The molecular weight excluding hydrogens is 201 g/mol. The zero-order chi connectivity index (χ0) is 5.91. The van der Waals surface area contributed by atoms with E-state index in [0.717, 1.165) is 0 Å². The molecule has 0 rings (SSSR count). The first-order valence-electron chi connectivity index (χ1n) is 2.50. The molecule has 0 unspecified atom stereocenters. The lowest BCUT2D eigenvalue weighted by Crippen LogP contribution is -2.31. The topological polar surface area (TPSA) is 12.0 Å². The van der Waals surface area contributed by atoms with Gasteiger partial charge in [0, 0.05) is 0 Å². The molecule has 0 aliphatic rings. The lowest BCUT2D eigenvalue weighted by Gasteiger charge is -2.18. The Morgan fingerprint density at radius 1 is 1.71 bits per heavy atom. The smallest absolute Gasteiger partial charge is 0.0671 e. The summed E-state index contributed by atoms with van der Waals surface area (Å²) in [5.41, 5.74) is 0. The van der Waals surface area contributed by atoms with Gasteiger partial charge in [-0.15, -0.1) is 0 Å². The van der Waals surface area contributed by atoms with Gasteiger partial charge >= 0.3 is 0 Å². The number of nitrogens with one attached hydrogen (secondary N) is 1. The number of halogens is 1. The fraction of sp³-hybridized carbons (Fsp3) is 1.00. The number of alkyl halides is 1.